The molecule has 0 spiro atoms. The molecular formula is C14H20ClNO2. The predicted octanol–water partition coefficient (Wildman–Crippen LogP) is 3.42. The molecule has 18 heavy (non-hydrogen) atoms. The monoisotopic (exact) mass is 269 g/mol. The molecule has 0 heterocycles. The van der Waals surface area contributed by atoms with Gasteiger partial charge in [0.05, 0.1) is 0 Å². The standard InChI is InChI=1S/C14H20ClNO2/c1-16(9-4-2-3-8-14(17)18)11-12-6-5-7-13(15)10-12/h5-7,10H,2-4,8-9,11H2,1H3,(H,17,18). The zero-order valence-corrected chi connectivity index (χ0v) is 11.5. The number of hydrogen-bond donors (Lipinski definition) is 1. The average Bonchev–Trinajstić information content (AvgIpc) is 2.28. The fourth-order valence-corrected chi connectivity index (χ4v) is 2.07. The van der Waals surface area contributed by atoms with Crippen LogP contribution in [0.4, 0.5) is 0 Å². The van der Waals surface area contributed by atoms with Crippen LogP contribution >= 0.6 is 11.6 Å². The second-order valence-corrected chi connectivity index (χ2v) is 5.01. The van der Waals surface area contributed by atoms with Crippen molar-refractivity contribution in [2.24, 2.45) is 0 Å². The lowest BCUT2D eigenvalue weighted by molar-refractivity contribution is -0.137. The van der Waals surface area contributed by atoms with Crippen LogP contribution in [0, 0.1) is 0 Å². The molecule has 0 saturated heterocycles. The summed E-state index contributed by atoms with van der Waals surface area (Å²) in [5.41, 5.74) is 1.20. The van der Waals surface area contributed by atoms with Crippen molar-refractivity contribution in [1.82, 2.24) is 4.90 Å². The molecule has 4 heteroatoms. The van der Waals surface area contributed by atoms with E-state index in [2.05, 4.69) is 18.0 Å². The van der Waals surface area contributed by atoms with Crippen LogP contribution in [-0.2, 0) is 11.3 Å². The number of carboxylic acids is 1. The number of benzene rings is 1. The lowest BCUT2D eigenvalue weighted by Gasteiger charge is -2.16. The summed E-state index contributed by atoms with van der Waals surface area (Å²) in [6, 6.07) is 7.87. The third-order valence-corrected chi connectivity index (χ3v) is 3.01. The molecule has 0 aromatic heterocycles. The van der Waals surface area contributed by atoms with Gasteiger partial charge in [0.25, 0.3) is 0 Å². The maximum atomic E-state index is 10.3. The van der Waals surface area contributed by atoms with Crippen LogP contribution in [0.1, 0.15) is 31.2 Å². The first-order valence-electron chi connectivity index (χ1n) is 6.22. The van der Waals surface area contributed by atoms with Gasteiger partial charge >= 0.3 is 5.97 Å². The van der Waals surface area contributed by atoms with E-state index in [9.17, 15) is 4.79 Å². The van der Waals surface area contributed by atoms with Crippen LogP contribution in [0.15, 0.2) is 24.3 Å². The van der Waals surface area contributed by atoms with E-state index in [-0.39, 0.29) is 6.42 Å². The molecule has 0 radical (unpaired) electrons. The number of carbonyl (C=O) groups is 1. The molecule has 0 atom stereocenters. The van der Waals surface area contributed by atoms with Gasteiger partial charge in [-0.25, -0.2) is 0 Å². The zero-order valence-electron chi connectivity index (χ0n) is 10.7. The molecular weight excluding hydrogens is 250 g/mol. The summed E-state index contributed by atoms with van der Waals surface area (Å²) < 4.78 is 0. The number of hydrogen-bond acceptors (Lipinski definition) is 2. The molecule has 0 unspecified atom stereocenters. The summed E-state index contributed by atoms with van der Waals surface area (Å²) in [5, 5.41) is 9.29. The Labute approximate surface area is 113 Å². The summed E-state index contributed by atoms with van der Waals surface area (Å²) in [7, 11) is 2.07. The number of nitrogens with zero attached hydrogens (tertiary/aromatic N) is 1. The molecule has 3 nitrogen and oxygen atoms in total. The van der Waals surface area contributed by atoms with E-state index < -0.39 is 5.97 Å². The fourth-order valence-electron chi connectivity index (χ4n) is 1.86. The van der Waals surface area contributed by atoms with Crippen LogP contribution in [0.5, 0.6) is 0 Å². The van der Waals surface area contributed by atoms with Crippen molar-refractivity contribution in [3.05, 3.63) is 34.9 Å². The Hall–Kier alpha value is -1.06. The highest BCUT2D eigenvalue weighted by Gasteiger charge is 2.02. The molecule has 1 aromatic rings. The molecule has 1 N–H and O–H groups in total. The van der Waals surface area contributed by atoms with Crippen LogP contribution < -0.4 is 0 Å². The van der Waals surface area contributed by atoms with Gasteiger partial charge in [-0.15, -0.1) is 0 Å². The van der Waals surface area contributed by atoms with Gasteiger partial charge in [-0.1, -0.05) is 30.2 Å². The zero-order chi connectivity index (χ0) is 13.4. The van der Waals surface area contributed by atoms with E-state index in [1.807, 2.05) is 18.2 Å². The van der Waals surface area contributed by atoms with Crippen molar-refractivity contribution in [2.75, 3.05) is 13.6 Å². The Balaban J connectivity index is 2.17. The molecule has 0 aliphatic rings. The molecule has 0 aliphatic heterocycles. The van der Waals surface area contributed by atoms with Gasteiger partial charge in [0, 0.05) is 18.0 Å². The molecule has 100 valence electrons. The summed E-state index contributed by atoms with van der Waals surface area (Å²) in [6.45, 7) is 1.85. The third kappa shape index (κ3) is 6.62. The molecule has 0 saturated carbocycles. The van der Waals surface area contributed by atoms with Crippen LogP contribution in [0.2, 0.25) is 5.02 Å². The van der Waals surface area contributed by atoms with Crippen LogP contribution in [0.25, 0.3) is 0 Å². The Bertz CT molecular complexity index is 382. The lowest BCUT2D eigenvalue weighted by Crippen LogP contribution is -2.19. The molecule has 0 bridgehead atoms. The average molecular weight is 270 g/mol. The fraction of sp³-hybridized carbons (Fsp3) is 0.500. The normalized spacial score (nSPS) is 10.8. The summed E-state index contributed by atoms with van der Waals surface area (Å²) in [6.07, 6.45) is 3.04. The molecule has 1 aromatic carbocycles. The van der Waals surface area contributed by atoms with Gasteiger partial charge in [0.2, 0.25) is 0 Å². The quantitative estimate of drug-likeness (QED) is 0.735. The summed E-state index contributed by atoms with van der Waals surface area (Å²) >= 11 is 5.93. The van der Waals surface area contributed by atoms with Crippen molar-refractivity contribution in [1.29, 1.82) is 0 Å². The first-order chi connectivity index (χ1) is 8.58. The van der Waals surface area contributed by atoms with Gasteiger partial charge in [-0.05, 0) is 44.1 Å². The third-order valence-electron chi connectivity index (χ3n) is 2.77. The lowest BCUT2D eigenvalue weighted by atomic mass is 10.1. The van der Waals surface area contributed by atoms with E-state index in [4.69, 9.17) is 16.7 Å². The van der Waals surface area contributed by atoms with Crippen molar-refractivity contribution in [3.63, 3.8) is 0 Å². The van der Waals surface area contributed by atoms with Gasteiger partial charge in [-0.2, -0.15) is 0 Å². The van der Waals surface area contributed by atoms with Crippen molar-refractivity contribution >= 4 is 17.6 Å². The first kappa shape index (κ1) is 15.0. The molecule has 0 amide bonds. The minimum absolute atomic E-state index is 0.276. The van der Waals surface area contributed by atoms with Crippen LogP contribution in [-0.4, -0.2) is 29.6 Å². The van der Waals surface area contributed by atoms with Crippen LogP contribution in [0.3, 0.4) is 0 Å². The second kappa shape index (κ2) is 8.11. The Morgan fingerprint density at radius 3 is 2.78 bits per heavy atom. The van der Waals surface area contributed by atoms with Crippen molar-refractivity contribution in [3.8, 4) is 0 Å². The minimum Gasteiger partial charge on any atom is -0.481 e. The number of halogens is 1. The maximum Gasteiger partial charge on any atom is 0.303 e. The second-order valence-electron chi connectivity index (χ2n) is 4.57. The SMILES string of the molecule is CN(CCCCCC(=O)O)Cc1cccc(Cl)c1. The van der Waals surface area contributed by atoms with Gasteiger partial charge < -0.3 is 10.0 Å². The largest absolute Gasteiger partial charge is 0.481 e. The Morgan fingerprint density at radius 1 is 1.33 bits per heavy atom. The summed E-state index contributed by atoms with van der Waals surface area (Å²) in [4.78, 5) is 12.6. The van der Waals surface area contributed by atoms with Gasteiger partial charge in [-0.3, -0.25) is 4.79 Å². The molecule has 0 fully saturated rings. The highest BCUT2D eigenvalue weighted by atomic mass is 35.5. The van der Waals surface area contributed by atoms with E-state index >= 15 is 0 Å². The first-order valence-corrected chi connectivity index (χ1v) is 6.60. The smallest absolute Gasteiger partial charge is 0.303 e. The number of rotatable bonds is 8. The van der Waals surface area contributed by atoms with Crippen molar-refractivity contribution < 1.29 is 9.90 Å². The van der Waals surface area contributed by atoms with E-state index in [1.165, 1.54) is 5.56 Å². The summed E-state index contributed by atoms with van der Waals surface area (Å²) in [5.74, 6) is -0.706. The number of carboxylic acid groups (broad SMARTS) is 1. The number of aliphatic carboxylic acids is 1. The maximum absolute atomic E-state index is 10.3. The van der Waals surface area contributed by atoms with E-state index in [1.54, 1.807) is 0 Å². The molecule has 0 aliphatic carbocycles. The number of unbranched alkanes of at least 4 members (excludes halogenated alkanes) is 2. The van der Waals surface area contributed by atoms with Crippen molar-refractivity contribution in [2.45, 2.75) is 32.2 Å². The Morgan fingerprint density at radius 2 is 2.11 bits per heavy atom. The highest BCUT2D eigenvalue weighted by molar-refractivity contribution is 6.30. The Kier molecular flexibility index (Phi) is 6.76. The van der Waals surface area contributed by atoms with E-state index in [0.717, 1.165) is 37.4 Å². The minimum atomic E-state index is -0.706. The predicted molar refractivity (Wildman–Crippen MR) is 73.9 cm³/mol. The highest BCUT2D eigenvalue weighted by Crippen LogP contribution is 2.12. The molecule has 1 rings (SSSR count). The topological polar surface area (TPSA) is 40.5 Å². The van der Waals surface area contributed by atoms with E-state index in [0.29, 0.717) is 0 Å². The van der Waals surface area contributed by atoms with Gasteiger partial charge in [0.1, 0.15) is 0 Å². The van der Waals surface area contributed by atoms with Gasteiger partial charge in [0.15, 0.2) is 0 Å².